The second-order valence-electron chi connectivity index (χ2n) is 5.95. The van der Waals surface area contributed by atoms with Gasteiger partial charge in [-0.15, -0.1) is 0 Å². The van der Waals surface area contributed by atoms with Crippen LogP contribution in [0.15, 0.2) is 30.3 Å². The predicted octanol–water partition coefficient (Wildman–Crippen LogP) is 2.69. The number of hydrogen-bond donors (Lipinski definition) is 1. The quantitative estimate of drug-likeness (QED) is 0.864. The van der Waals surface area contributed by atoms with Crippen LogP contribution in [-0.4, -0.2) is 44.3 Å². The van der Waals surface area contributed by atoms with E-state index in [2.05, 4.69) is 54.4 Å². The minimum Gasteiger partial charge on any atom is -0.384 e. The van der Waals surface area contributed by atoms with Crippen LogP contribution in [0.25, 0.3) is 0 Å². The lowest BCUT2D eigenvalue weighted by Crippen LogP contribution is -2.53. The van der Waals surface area contributed by atoms with Gasteiger partial charge in [-0.2, -0.15) is 0 Å². The maximum atomic E-state index is 5.30. The number of piperazine rings is 1. The molecule has 3 atom stereocenters. The zero-order valence-corrected chi connectivity index (χ0v) is 13.0. The fourth-order valence-electron chi connectivity index (χ4n) is 3.10. The molecule has 0 spiro atoms. The number of ether oxygens (including phenoxy) is 1. The van der Waals surface area contributed by atoms with Gasteiger partial charge in [-0.05, 0) is 17.9 Å². The van der Waals surface area contributed by atoms with Crippen molar-refractivity contribution in [2.24, 2.45) is 5.92 Å². The Morgan fingerprint density at radius 1 is 1.35 bits per heavy atom. The monoisotopic (exact) mass is 276 g/mol. The lowest BCUT2D eigenvalue weighted by Gasteiger charge is -2.41. The molecule has 0 amide bonds. The Balaban J connectivity index is 2.07. The predicted molar refractivity (Wildman–Crippen MR) is 83.9 cm³/mol. The molecule has 20 heavy (non-hydrogen) atoms. The molecule has 3 nitrogen and oxygen atoms in total. The van der Waals surface area contributed by atoms with E-state index in [0.29, 0.717) is 18.0 Å². The molecule has 0 bridgehead atoms. The summed E-state index contributed by atoms with van der Waals surface area (Å²) in [5, 5.41) is 3.68. The Morgan fingerprint density at radius 3 is 2.75 bits per heavy atom. The van der Waals surface area contributed by atoms with Crippen LogP contribution >= 0.6 is 0 Å². The molecule has 0 aliphatic carbocycles. The summed E-state index contributed by atoms with van der Waals surface area (Å²) in [6.07, 6.45) is 1.19. The van der Waals surface area contributed by atoms with Gasteiger partial charge in [-0.3, -0.25) is 4.90 Å². The minimum absolute atomic E-state index is 0.485. The first-order valence-electron chi connectivity index (χ1n) is 7.75. The normalized spacial score (nSPS) is 25.6. The van der Waals surface area contributed by atoms with Gasteiger partial charge in [-0.1, -0.05) is 44.2 Å². The van der Waals surface area contributed by atoms with Crippen LogP contribution in [0.4, 0.5) is 0 Å². The highest BCUT2D eigenvalue weighted by atomic mass is 16.5. The van der Waals surface area contributed by atoms with E-state index in [1.807, 2.05) is 0 Å². The maximum Gasteiger partial charge on any atom is 0.0500 e. The average Bonchev–Trinajstić information content (AvgIpc) is 2.48. The SMILES string of the molecule is CCC1CN(CC(C)COC)C(c2ccccc2)CN1. The smallest absolute Gasteiger partial charge is 0.0500 e. The summed E-state index contributed by atoms with van der Waals surface area (Å²) in [5.74, 6) is 0.571. The number of nitrogens with one attached hydrogen (secondary N) is 1. The highest BCUT2D eigenvalue weighted by Crippen LogP contribution is 2.25. The molecule has 112 valence electrons. The van der Waals surface area contributed by atoms with Gasteiger partial charge in [0.05, 0.1) is 0 Å². The zero-order chi connectivity index (χ0) is 14.4. The van der Waals surface area contributed by atoms with E-state index >= 15 is 0 Å². The second-order valence-corrected chi connectivity index (χ2v) is 5.95. The average molecular weight is 276 g/mol. The molecule has 1 saturated heterocycles. The van der Waals surface area contributed by atoms with E-state index in [0.717, 1.165) is 26.2 Å². The van der Waals surface area contributed by atoms with Crippen molar-refractivity contribution < 1.29 is 4.74 Å². The lowest BCUT2D eigenvalue weighted by molar-refractivity contribution is 0.0800. The Morgan fingerprint density at radius 2 is 2.10 bits per heavy atom. The summed E-state index contributed by atoms with van der Waals surface area (Å²) >= 11 is 0. The number of benzene rings is 1. The Bertz CT molecular complexity index is 382. The number of rotatable bonds is 6. The van der Waals surface area contributed by atoms with Gasteiger partial charge in [0, 0.05) is 45.4 Å². The third kappa shape index (κ3) is 4.05. The van der Waals surface area contributed by atoms with E-state index in [-0.39, 0.29) is 0 Å². The Hall–Kier alpha value is -0.900. The van der Waals surface area contributed by atoms with Crippen molar-refractivity contribution in [3.63, 3.8) is 0 Å². The number of nitrogens with zero attached hydrogens (tertiary/aromatic N) is 1. The van der Waals surface area contributed by atoms with Crippen molar-refractivity contribution in [2.75, 3.05) is 33.4 Å². The van der Waals surface area contributed by atoms with Gasteiger partial charge in [-0.25, -0.2) is 0 Å². The standard InChI is InChI=1S/C17H28N2O/c1-4-16-12-19(11-14(2)13-20-3)17(10-18-16)15-8-6-5-7-9-15/h5-9,14,16-18H,4,10-13H2,1-3H3. The molecular weight excluding hydrogens is 248 g/mol. The first-order valence-corrected chi connectivity index (χ1v) is 7.75. The zero-order valence-electron chi connectivity index (χ0n) is 13.0. The van der Waals surface area contributed by atoms with E-state index in [9.17, 15) is 0 Å². The molecule has 1 aromatic rings. The molecule has 0 radical (unpaired) electrons. The van der Waals surface area contributed by atoms with E-state index in [1.54, 1.807) is 7.11 Å². The molecule has 0 aromatic heterocycles. The van der Waals surface area contributed by atoms with E-state index in [1.165, 1.54) is 12.0 Å². The summed E-state index contributed by atoms with van der Waals surface area (Å²) in [6, 6.07) is 11.9. The molecule has 1 aromatic carbocycles. The highest BCUT2D eigenvalue weighted by Gasteiger charge is 2.28. The maximum absolute atomic E-state index is 5.30. The molecule has 1 aliphatic rings. The van der Waals surface area contributed by atoms with Gasteiger partial charge in [0.25, 0.3) is 0 Å². The van der Waals surface area contributed by atoms with Crippen LogP contribution in [0.2, 0.25) is 0 Å². The third-order valence-corrected chi connectivity index (χ3v) is 4.17. The molecule has 1 heterocycles. The summed E-state index contributed by atoms with van der Waals surface area (Å²) in [5.41, 5.74) is 1.42. The van der Waals surface area contributed by atoms with Crippen LogP contribution in [0, 0.1) is 5.92 Å². The largest absolute Gasteiger partial charge is 0.384 e. The van der Waals surface area contributed by atoms with Crippen LogP contribution in [0.3, 0.4) is 0 Å². The molecule has 1 aliphatic heterocycles. The summed E-state index contributed by atoms with van der Waals surface area (Å²) in [4.78, 5) is 2.63. The molecular formula is C17H28N2O. The molecule has 2 rings (SSSR count). The highest BCUT2D eigenvalue weighted by molar-refractivity contribution is 5.20. The summed E-state index contributed by atoms with van der Waals surface area (Å²) in [7, 11) is 1.79. The molecule has 3 heteroatoms. The number of hydrogen-bond acceptors (Lipinski definition) is 3. The minimum atomic E-state index is 0.485. The Kier molecular flexibility index (Phi) is 6.02. The van der Waals surface area contributed by atoms with Gasteiger partial charge < -0.3 is 10.1 Å². The summed E-state index contributed by atoms with van der Waals surface area (Å²) < 4.78 is 5.30. The Labute approximate surface area is 123 Å². The first-order chi connectivity index (χ1) is 9.74. The fraction of sp³-hybridized carbons (Fsp3) is 0.647. The summed E-state index contributed by atoms with van der Waals surface area (Å²) in [6.45, 7) is 8.64. The molecule has 1 fully saturated rings. The van der Waals surface area contributed by atoms with Gasteiger partial charge >= 0.3 is 0 Å². The van der Waals surface area contributed by atoms with E-state index in [4.69, 9.17) is 4.74 Å². The van der Waals surface area contributed by atoms with Crippen LogP contribution in [0.5, 0.6) is 0 Å². The lowest BCUT2D eigenvalue weighted by atomic mass is 9.98. The molecule has 3 unspecified atom stereocenters. The van der Waals surface area contributed by atoms with Gasteiger partial charge in [0.1, 0.15) is 0 Å². The van der Waals surface area contributed by atoms with Crippen molar-refractivity contribution in [1.29, 1.82) is 0 Å². The molecule has 0 saturated carbocycles. The van der Waals surface area contributed by atoms with Gasteiger partial charge in [0.2, 0.25) is 0 Å². The van der Waals surface area contributed by atoms with Crippen molar-refractivity contribution in [1.82, 2.24) is 10.2 Å². The number of methoxy groups -OCH3 is 1. The first kappa shape index (κ1) is 15.5. The third-order valence-electron chi connectivity index (χ3n) is 4.17. The van der Waals surface area contributed by atoms with Crippen molar-refractivity contribution in [3.05, 3.63) is 35.9 Å². The van der Waals surface area contributed by atoms with Crippen molar-refractivity contribution in [3.8, 4) is 0 Å². The van der Waals surface area contributed by atoms with Crippen LogP contribution in [-0.2, 0) is 4.74 Å². The van der Waals surface area contributed by atoms with Crippen LogP contribution in [0.1, 0.15) is 31.9 Å². The second kappa shape index (κ2) is 7.77. The van der Waals surface area contributed by atoms with Gasteiger partial charge in [0.15, 0.2) is 0 Å². The van der Waals surface area contributed by atoms with Crippen molar-refractivity contribution >= 4 is 0 Å². The van der Waals surface area contributed by atoms with E-state index < -0.39 is 0 Å². The molecule has 1 N–H and O–H groups in total. The van der Waals surface area contributed by atoms with Crippen LogP contribution < -0.4 is 5.32 Å². The fourth-order valence-corrected chi connectivity index (χ4v) is 3.10. The topological polar surface area (TPSA) is 24.5 Å². The van der Waals surface area contributed by atoms with Crippen molar-refractivity contribution in [2.45, 2.75) is 32.4 Å².